The summed E-state index contributed by atoms with van der Waals surface area (Å²) < 4.78 is 2.40. The van der Waals surface area contributed by atoms with E-state index in [0.29, 0.717) is 11.8 Å². The van der Waals surface area contributed by atoms with Crippen molar-refractivity contribution >= 4 is 45.0 Å². The molecule has 1 aliphatic heterocycles. The molecule has 5 aromatic rings. The fourth-order valence-electron chi connectivity index (χ4n) is 9.03. The zero-order chi connectivity index (χ0) is 34.1. The first-order valence-corrected chi connectivity index (χ1v) is 18.1. The Kier molecular flexibility index (Phi) is 7.17. The third-order valence-corrected chi connectivity index (χ3v) is 11.4. The molecule has 0 radical (unpaired) electrons. The third-order valence-electron chi connectivity index (χ3n) is 11.4. The van der Waals surface area contributed by atoms with E-state index in [0.717, 1.165) is 41.3 Å². The molecule has 4 aromatic carbocycles. The minimum Gasteiger partial charge on any atom is -0.278 e. The highest BCUT2D eigenvalue weighted by atomic mass is 15.2. The van der Waals surface area contributed by atoms with Crippen LogP contribution in [0.1, 0.15) is 64.2 Å². The molecular formula is C47H43N3. The van der Waals surface area contributed by atoms with Crippen LogP contribution >= 0.6 is 0 Å². The van der Waals surface area contributed by atoms with Gasteiger partial charge in [0.15, 0.2) is 0 Å². The van der Waals surface area contributed by atoms with Crippen molar-refractivity contribution in [2.45, 2.75) is 52.9 Å². The third kappa shape index (κ3) is 4.86. The molecule has 3 atom stereocenters. The van der Waals surface area contributed by atoms with Crippen molar-refractivity contribution in [2.75, 3.05) is 0 Å². The van der Waals surface area contributed by atoms with Crippen LogP contribution in [0, 0.1) is 17.8 Å². The fraction of sp³-hybridized carbons (Fsp3) is 0.234. The van der Waals surface area contributed by atoms with Crippen LogP contribution in [0.5, 0.6) is 0 Å². The van der Waals surface area contributed by atoms with Crippen molar-refractivity contribution in [2.24, 2.45) is 27.7 Å². The van der Waals surface area contributed by atoms with Crippen LogP contribution in [0.25, 0.3) is 33.3 Å². The van der Waals surface area contributed by atoms with Gasteiger partial charge >= 0.3 is 0 Å². The largest absolute Gasteiger partial charge is 0.278 e. The van der Waals surface area contributed by atoms with Crippen LogP contribution < -0.4 is 10.6 Å². The molecule has 1 aromatic heterocycles. The van der Waals surface area contributed by atoms with Gasteiger partial charge < -0.3 is 0 Å². The van der Waals surface area contributed by atoms with Crippen molar-refractivity contribution in [1.82, 2.24) is 4.57 Å². The molecule has 4 aliphatic rings. The lowest BCUT2D eigenvalue weighted by Crippen LogP contribution is -2.40. The van der Waals surface area contributed by atoms with Gasteiger partial charge in [0.1, 0.15) is 0 Å². The zero-order valence-corrected chi connectivity index (χ0v) is 29.6. The van der Waals surface area contributed by atoms with Crippen molar-refractivity contribution in [3.8, 4) is 0 Å². The van der Waals surface area contributed by atoms with Gasteiger partial charge in [-0.1, -0.05) is 137 Å². The fourth-order valence-corrected chi connectivity index (χ4v) is 9.03. The number of fused-ring (bicyclic) bond motifs is 10. The minimum atomic E-state index is -0.0276. The smallest absolute Gasteiger partial charge is 0.235 e. The Balaban J connectivity index is 1.48. The van der Waals surface area contributed by atoms with Gasteiger partial charge in [-0.05, 0) is 93.0 Å². The standard InChI is InChI=1S/C47H43N3/c1-29-22-23-30(2)34-26-37(36-19-11-12-20-39(36)47(4,5)28-29)45-38(27-34)43-35-18-10-9-15-32(35)24-25-41(43)50(45)46-48-40-21-13-14-31(3)42(40)44(49-46)33-16-7-6-8-17-33/h6-25,27,29,31,42H,26,28H2,1-5H3/t29?,31?,42-/m0/s1. The highest BCUT2D eigenvalue weighted by Crippen LogP contribution is 2.40. The Morgan fingerprint density at radius 2 is 1.60 bits per heavy atom. The maximum Gasteiger partial charge on any atom is 0.235 e. The Bertz CT molecular complexity index is 2550. The maximum atomic E-state index is 5.58. The Hall–Kier alpha value is -5.28. The molecule has 9 rings (SSSR count). The zero-order valence-electron chi connectivity index (χ0n) is 29.6. The number of allylic oxidation sites excluding steroid dienone is 8. The van der Waals surface area contributed by atoms with Crippen LogP contribution in [0.3, 0.4) is 0 Å². The van der Waals surface area contributed by atoms with Gasteiger partial charge in [-0.2, -0.15) is 0 Å². The van der Waals surface area contributed by atoms with Crippen LogP contribution in [0.4, 0.5) is 0 Å². The summed E-state index contributed by atoms with van der Waals surface area (Å²) in [6.07, 6.45) is 15.8. The lowest BCUT2D eigenvalue weighted by Gasteiger charge is -2.31. The molecule has 0 amide bonds. The monoisotopic (exact) mass is 649 g/mol. The van der Waals surface area contributed by atoms with E-state index < -0.39 is 0 Å². The van der Waals surface area contributed by atoms with Gasteiger partial charge in [-0.3, -0.25) is 4.57 Å². The molecule has 3 nitrogen and oxygen atoms in total. The second-order valence-electron chi connectivity index (χ2n) is 15.3. The van der Waals surface area contributed by atoms with Crippen LogP contribution in [-0.4, -0.2) is 16.2 Å². The van der Waals surface area contributed by atoms with E-state index in [9.17, 15) is 0 Å². The minimum absolute atomic E-state index is 0.0276. The summed E-state index contributed by atoms with van der Waals surface area (Å²) in [4.78, 5) is 11.0. The Morgan fingerprint density at radius 3 is 2.46 bits per heavy atom. The lowest BCUT2D eigenvalue weighted by atomic mass is 9.74. The molecule has 0 N–H and O–H groups in total. The first-order valence-electron chi connectivity index (χ1n) is 18.1. The number of benzene rings is 4. The quantitative estimate of drug-likeness (QED) is 0.173. The second-order valence-corrected chi connectivity index (χ2v) is 15.3. The highest BCUT2D eigenvalue weighted by Gasteiger charge is 2.34. The number of hydrogen-bond acceptors (Lipinski definition) is 2. The predicted octanol–water partition coefficient (Wildman–Crippen LogP) is 9.78. The average molecular weight is 650 g/mol. The summed E-state index contributed by atoms with van der Waals surface area (Å²) in [6.45, 7) is 11.8. The van der Waals surface area contributed by atoms with E-state index in [-0.39, 0.29) is 11.3 Å². The van der Waals surface area contributed by atoms with Gasteiger partial charge in [0.2, 0.25) is 5.96 Å². The summed E-state index contributed by atoms with van der Waals surface area (Å²) in [5, 5.41) is 6.22. The van der Waals surface area contributed by atoms with Gasteiger partial charge in [0.05, 0.1) is 28.2 Å². The molecule has 0 fully saturated rings. The van der Waals surface area contributed by atoms with Crippen molar-refractivity contribution in [3.63, 3.8) is 0 Å². The van der Waals surface area contributed by atoms with Crippen molar-refractivity contribution in [1.29, 1.82) is 0 Å². The first kappa shape index (κ1) is 30.8. The van der Waals surface area contributed by atoms with Crippen molar-refractivity contribution < 1.29 is 0 Å². The number of rotatable bonds is 1. The molecule has 0 spiro atoms. The summed E-state index contributed by atoms with van der Waals surface area (Å²) in [5.74, 6) is 1.59. The topological polar surface area (TPSA) is 29.6 Å². The molecule has 2 unspecified atom stereocenters. The first-order chi connectivity index (χ1) is 24.3. The maximum absolute atomic E-state index is 5.58. The Labute approximate surface area is 294 Å². The van der Waals surface area contributed by atoms with Gasteiger partial charge in [-0.25, -0.2) is 9.98 Å². The number of nitrogens with zero attached hydrogens (tertiary/aromatic N) is 3. The summed E-state index contributed by atoms with van der Waals surface area (Å²) >= 11 is 0. The van der Waals surface area contributed by atoms with Gasteiger partial charge in [-0.15, -0.1) is 0 Å². The van der Waals surface area contributed by atoms with E-state index in [1.807, 2.05) is 0 Å². The normalized spacial score (nSPS) is 22.5. The average Bonchev–Trinajstić information content (AvgIpc) is 3.47. The Morgan fingerprint density at radius 1 is 0.820 bits per heavy atom. The number of aromatic nitrogens is 1. The van der Waals surface area contributed by atoms with Gasteiger partial charge in [0, 0.05) is 17.0 Å². The molecule has 0 saturated carbocycles. The molecule has 2 bridgehead atoms. The SMILES string of the molecule is CC1=C2C=c3c(n(C4=NC5=CC=CC(C)[C@@H]5C(c5ccccc5)=N4)c4ccc5ccccc5c34)=C(C2)c2ccccc2C(C)(C)CC(C)C=C1. The molecule has 3 aliphatic carbocycles. The van der Waals surface area contributed by atoms with E-state index in [1.165, 1.54) is 54.6 Å². The second kappa shape index (κ2) is 11.7. The van der Waals surface area contributed by atoms with Crippen LogP contribution in [-0.2, 0) is 5.41 Å². The lowest BCUT2D eigenvalue weighted by molar-refractivity contribution is 0.422. The van der Waals surface area contributed by atoms with E-state index in [4.69, 9.17) is 9.98 Å². The van der Waals surface area contributed by atoms with Gasteiger partial charge in [0.25, 0.3) is 0 Å². The molecule has 0 saturated heterocycles. The molecule has 246 valence electrons. The summed E-state index contributed by atoms with van der Waals surface area (Å²) in [6, 6.07) is 33.2. The van der Waals surface area contributed by atoms with E-state index >= 15 is 0 Å². The predicted molar refractivity (Wildman–Crippen MR) is 211 cm³/mol. The summed E-state index contributed by atoms with van der Waals surface area (Å²) in [7, 11) is 0. The molecule has 3 heteroatoms. The van der Waals surface area contributed by atoms with Crippen LogP contribution in [0.2, 0.25) is 0 Å². The van der Waals surface area contributed by atoms with E-state index in [2.05, 4.69) is 167 Å². The molecule has 2 heterocycles. The number of hydrogen-bond donors (Lipinski definition) is 0. The van der Waals surface area contributed by atoms with E-state index in [1.54, 1.807) is 0 Å². The van der Waals surface area contributed by atoms with Crippen molar-refractivity contribution in [3.05, 3.63) is 165 Å². The van der Waals surface area contributed by atoms with Crippen LogP contribution in [0.15, 0.2) is 148 Å². The highest BCUT2D eigenvalue weighted by molar-refractivity contribution is 6.16. The number of aliphatic imine (C=N–C) groups is 2. The summed E-state index contributed by atoms with van der Waals surface area (Å²) in [5.41, 5.74) is 11.2. The molecular weight excluding hydrogens is 607 g/mol. The molecule has 50 heavy (non-hydrogen) atoms.